The molecule has 17 nitrogen and oxygen atoms in total. The summed E-state index contributed by atoms with van der Waals surface area (Å²) in [4.78, 5) is 72.6. The number of pyridine rings is 2. The summed E-state index contributed by atoms with van der Waals surface area (Å²) < 4.78 is 22.3. The summed E-state index contributed by atoms with van der Waals surface area (Å²) in [6.45, 7) is 14.4. The number of ether oxygens (including phenoxy) is 1. The molecule has 0 bridgehead atoms. The van der Waals surface area contributed by atoms with E-state index in [0.29, 0.717) is 54.1 Å². The summed E-state index contributed by atoms with van der Waals surface area (Å²) in [5.74, 6) is 0.746. The summed E-state index contributed by atoms with van der Waals surface area (Å²) in [5, 5.41) is 21.0. The summed E-state index contributed by atoms with van der Waals surface area (Å²) in [6, 6.07) is 20.9. The lowest BCUT2D eigenvalue weighted by Gasteiger charge is -2.42. The van der Waals surface area contributed by atoms with Crippen molar-refractivity contribution < 1.29 is 28.3 Å². The molecule has 6 heterocycles. The molecule has 1 saturated carbocycles. The molecule has 4 aromatic heterocycles. The maximum Gasteiger partial charge on any atom is 0.256 e. The quantitative estimate of drug-likeness (QED) is 0.0666. The van der Waals surface area contributed by atoms with Gasteiger partial charge >= 0.3 is 0 Å². The molecule has 78 heavy (non-hydrogen) atoms. The first-order valence-corrected chi connectivity index (χ1v) is 27.9. The zero-order chi connectivity index (χ0) is 54.8. The summed E-state index contributed by atoms with van der Waals surface area (Å²) in [5.41, 5.74) is 6.36. The highest BCUT2D eigenvalue weighted by molar-refractivity contribution is 6.07. The maximum absolute atomic E-state index is 14.9. The molecular weight excluding hydrogens is 988 g/mol. The standard InChI is InChI=1S/C60H75FN12O5/c1-36-30-53(69-68-36)73-35-48(47-23-25-52(66-55(47)73)64-37(2)49-24-19-42(61)33-63-49)58(76)71-28-26-70(27-29-71)43-14-11-15-44(22-20-43)78-45-21-18-40-32-51(57(75)65-50-17-10-13-39-12-8-9-16-46(39)50)72(34-41(40)31-45)59(77)54(60(4,5)6)67-56(74)38(3)62-7/h8-9,12,16,18-19,21,23-25,30-31,33,35,37-38,43-44,50-51,54,62H,10-11,13-15,17,20,22,26-29,32,34H2,1-7H3,(H,64,66)(H,65,75)(H,67,74)(H,68,69)/t37-,38-,43?,44?,50+,51-,54+/m0/s1. The molecule has 0 radical (unpaired) electrons. The normalized spacial score (nSPS) is 21.1. The number of carbonyl (C=O) groups is 4. The fourth-order valence-corrected chi connectivity index (χ4v) is 11.9. The van der Waals surface area contributed by atoms with Gasteiger partial charge in [0.05, 0.1) is 41.7 Å². The third-order valence-corrected chi connectivity index (χ3v) is 16.5. The molecule has 2 aromatic carbocycles. The Labute approximate surface area is 456 Å². The second kappa shape index (κ2) is 23.0. The number of fused-ring (bicyclic) bond motifs is 3. The number of carbonyl (C=O) groups excluding carboxylic acids is 4. The van der Waals surface area contributed by atoms with Gasteiger partial charge in [0.1, 0.15) is 35.1 Å². The fraction of sp³-hybridized carbons (Fsp3) is 0.483. The lowest BCUT2D eigenvalue weighted by Crippen LogP contribution is -2.62. The Morgan fingerprint density at radius 2 is 1.68 bits per heavy atom. The Bertz CT molecular complexity index is 3140. The van der Waals surface area contributed by atoms with Gasteiger partial charge in [-0.05, 0) is 143 Å². The van der Waals surface area contributed by atoms with Crippen LogP contribution in [0.15, 0.2) is 85.2 Å². The van der Waals surface area contributed by atoms with Crippen LogP contribution in [0.2, 0.25) is 0 Å². The number of amides is 4. The van der Waals surface area contributed by atoms with Gasteiger partial charge in [0.2, 0.25) is 17.7 Å². The molecule has 2 unspecified atom stereocenters. The van der Waals surface area contributed by atoms with Crippen LogP contribution < -0.4 is 26.0 Å². The van der Waals surface area contributed by atoms with E-state index in [1.165, 1.54) is 17.8 Å². The van der Waals surface area contributed by atoms with Crippen LogP contribution in [-0.4, -0.2) is 127 Å². The summed E-state index contributed by atoms with van der Waals surface area (Å²) >= 11 is 0. The molecule has 10 rings (SSSR count). The maximum atomic E-state index is 14.9. The fourth-order valence-electron chi connectivity index (χ4n) is 11.9. The zero-order valence-corrected chi connectivity index (χ0v) is 46.1. The molecule has 412 valence electrons. The lowest BCUT2D eigenvalue weighted by molar-refractivity contribution is -0.147. The number of likely N-dealkylation sites (N-methyl/N-ethyl adjacent to an activating group) is 1. The molecule has 2 aliphatic carbocycles. The van der Waals surface area contributed by atoms with Gasteiger partial charge in [-0.1, -0.05) is 51.1 Å². The van der Waals surface area contributed by atoms with Crippen LogP contribution in [0, 0.1) is 18.2 Å². The average molecular weight is 1060 g/mol. The van der Waals surface area contributed by atoms with Crippen molar-refractivity contribution >= 4 is 40.5 Å². The van der Waals surface area contributed by atoms with E-state index >= 15 is 0 Å². The number of H-pyrrole nitrogens is 1. The number of nitrogens with one attached hydrogen (secondary N) is 5. The van der Waals surface area contributed by atoms with Crippen LogP contribution in [0.1, 0.15) is 136 Å². The Morgan fingerprint density at radius 1 is 0.872 bits per heavy atom. The highest BCUT2D eigenvalue weighted by Crippen LogP contribution is 2.35. The molecule has 6 aromatic rings. The minimum absolute atomic E-state index is 0.00604. The molecule has 0 spiro atoms. The van der Waals surface area contributed by atoms with Crippen molar-refractivity contribution in [1.82, 2.24) is 55.4 Å². The van der Waals surface area contributed by atoms with Crippen LogP contribution in [0.25, 0.3) is 16.9 Å². The summed E-state index contributed by atoms with van der Waals surface area (Å²) in [6.07, 6.45) is 10.9. The number of hydrogen-bond acceptors (Lipinski definition) is 11. The smallest absolute Gasteiger partial charge is 0.256 e. The van der Waals surface area contributed by atoms with Crippen LogP contribution in [0.4, 0.5) is 10.2 Å². The van der Waals surface area contributed by atoms with E-state index in [1.54, 1.807) is 24.9 Å². The molecule has 4 amide bonds. The van der Waals surface area contributed by atoms with Crippen molar-refractivity contribution in [2.24, 2.45) is 5.41 Å². The monoisotopic (exact) mass is 1060 g/mol. The van der Waals surface area contributed by atoms with E-state index < -0.39 is 29.4 Å². The lowest BCUT2D eigenvalue weighted by atomic mass is 9.83. The number of rotatable bonds is 14. The van der Waals surface area contributed by atoms with E-state index in [4.69, 9.17) is 9.72 Å². The van der Waals surface area contributed by atoms with Gasteiger partial charge in [0.25, 0.3) is 5.91 Å². The van der Waals surface area contributed by atoms with Crippen LogP contribution >= 0.6 is 0 Å². The molecule has 5 N–H and O–H groups in total. The number of piperazine rings is 1. The molecule has 2 fully saturated rings. The molecule has 2 aliphatic heterocycles. The Kier molecular flexibility index (Phi) is 16.0. The van der Waals surface area contributed by atoms with Crippen LogP contribution in [0.3, 0.4) is 0 Å². The van der Waals surface area contributed by atoms with Crippen molar-refractivity contribution in [3.05, 3.63) is 130 Å². The van der Waals surface area contributed by atoms with Crippen LogP contribution in [0.5, 0.6) is 5.75 Å². The first kappa shape index (κ1) is 54.2. The molecular formula is C60H75FN12O5. The van der Waals surface area contributed by atoms with Crippen LogP contribution in [-0.2, 0) is 33.8 Å². The number of aromatic amines is 1. The highest BCUT2D eigenvalue weighted by Gasteiger charge is 2.43. The van der Waals surface area contributed by atoms with Gasteiger partial charge in [-0.2, -0.15) is 5.10 Å². The van der Waals surface area contributed by atoms with E-state index in [0.717, 1.165) is 98.0 Å². The van der Waals surface area contributed by atoms with Gasteiger partial charge in [-0.25, -0.2) is 9.37 Å². The predicted octanol–water partition coefficient (Wildman–Crippen LogP) is 7.89. The largest absolute Gasteiger partial charge is 0.490 e. The van der Waals surface area contributed by atoms with Crippen molar-refractivity contribution in [2.45, 2.75) is 148 Å². The number of aromatic nitrogens is 5. The van der Waals surface area contributed by atoms with Gasteiger partial charge in [0.15, 0.2) is 5.82 Å². The minimum atomic E-state index is -0.875. The number of aryl methyl sites for hydroxylation is 2. The Morgan fingerprint density at radius 3 is 2.42 bits per heavy atom. The third kappa shape index (κ3) is 11.8. The first-order chi connectivity index (χ1) is 37.5. The van der Waals surface area contributed by atoms with E-state index in [-0.39, 0.29) is 48.4 Å². The Hall–Kier alpha value is -7.18. The van der Waals surface area contributed by atoms with E-state index in [1.807, 2.05) is 92.7 Å². The van der Waals surface area contributed by atoms with Gasteiger partial charge in [0, 0.05) is 68.5 Å². The van der Waals surface area contributed by atoms with Gasteiger partial charge in [-0.15, -0.1) is 0 Å². The van der Waals surface area contributed by atoms with E-state index in [9.17, 15) is 23.6 Å². The van der Waals surface area contributed by atoms with Crippen molar-refractivity contribution in [3.63, 3.8) is 0 Å². The minimum Gasteiger partial charge on any atom is -0.490 e. The van der Waals surface area contributed by atoms with Gasteiger partial charge in [-0.3, -0.25) is 38.7 Å². The number of nitrogens with zero attached hydrogens (tertiary/aromatic N) is 7. The molecule has 1 saturated heterocycles. The molecule has 18 heteroatoms. The molecule has 4 aliphatic rings. The zero-order valence-electron chi connectivity index (χ0n) is 46.1. The van der Waals surface area contributed by atoms with Gasteiger partial charge < -0.3 is 35.8 Å². The summed E-state index contributed by atoms with van der Waals surface area (Å²) in [7, 11) is 1.71. The van der Waals surface area contributed by atoms with Crippen molar-refractivity contribution in [3.8, 4) is 11.6 Å². The number of hydrogen-bond donors (Lipinski definition) is 5. The second-order valence-electron chi connectivity index (χ2n) is 23.0. The van der Waals surface area contributed by atoms with E-state index in [2.05, 4.69) is 59.5 Å². The average Bonchev–Trinajstić information content (AvgIpc) is 4.17. The second-order valence-corrected chi connectivity index (χ2v) is 23.0. The predicted molar refractivity (Wildman–Crippen MR) is 298 cm³/mol. The topological polar surface area (TPSA) is 195 Å². The number of benzene rings is 2. The highest BCUT2D eigenvalue weighted by atomic mass is 19.1. The first-order valence-electron chi connectivity index (χ1n) is 27.9. The SMILES string of the molecule is CN[C@@H](C)C(=O)N[C@H](C(=O)N1Cc2cc(OC3CCCC(N4CCN(C(=O)c5cn(-c6cc(C)[nH]n6)c6nc(N[C@@H](C)c7ccc(F)cn7)ccc56)CC4)CC3)ccc2C[C@H]1C(=O)N[C@@H]1CCCc2ccccc21)C(C)(C)C. The van der Waals surface area contributed by atoms with Crippen molar-refractivity contribution in [2.75, 3.05) is 38.5 Å². The molecule has 7 atom stereocenters. The van der Waals surface area contributed by atoms with Crippen molar-refractivity contribution in [1.29, 1.82) is 0 Å². The third-order valence-electron chi connectivity index (χ3n) is 16.5. The number of halogens is 1. The number of anilines is 1. The Balaban J connectivity index is 0.791.